The molecule has 0 amide bonds. The van der Waals surface area contributed by atoms with Gasteiger partial charge in [-0.25, -0.2) is 0 Å². The second-order valence-corrected chi connectivity index (χ2v) is 3.68. The molecule has 1 aromatic heterocycles. The summed E-state index contributed by atoms with van der Waals surface area (Å²) in [6, 6.07) is 12.9. The van der Waals surface area contributed by atoms with E-state index in [1.165, 1.54) is 0 Å². The number of benzene rings is 2. The molecule has 4 nitrogen and oxygen atoms in total. The molecule has 0 fully saturated rings. The lowest BCUT2D eigenvalue weighted by molar-refractivity contribution is 0.288. The van der Waals surface area contributed by atoms with Crippen molar-refractivity contribution in [1.82, 2.24) is 0 Å². The Morgan fingerprint density at radius 2 is 1.71 bits per heavy atom. The topological polar surface area (TPSA) is 62.8 Å². The average Bonchev–Trinajstić information content (AvgIpc) is 2.68. The van der Waals surface area contributed by atoms with Gasteiger partial charge in [-0.15, -0.1) is 0 Å². The van der Waals surface area contributed by atoms with Crippen LogP contribution in [0.1, 0.15) is 0 Å². The fourth-order valence-electron chi connectivity index (χ4n) is 1.93. The Hall–Kier alpha value is -1.98. The molecule has 0 saturated heterocycles. The van der Waals surface area contributed by atoms with E-state index in [0.717, 1.165) is 16.4 Å². The maximum absolute atomic E-state index is 8.83. The van der Waals surface area contributed by atoms with Crippen LogP contribution >= 0.6 is 0 Å². The van der Waals surface area contributed by atoms with E-state index in [1.807, 2.05) is 30.3 Å². The van der Waals surface area contributed by atoms with Crippen LogP contribution in [0.2, 0.25) is 0 Å². The highest BCUT2D eigenvalue weighted by Gasteiger charge is 2.16. The van der Waals surface area contributed by atoms with Gasteiger partial charge >= 0.3 is 7.32 Å². The zero-order valence-electron chi connectivity index (χ0n) is 8.83. The van der Waals surface area contributed by atoms with E-state index < -0.39 is 7.32 Å². The molecular formula is C12H9BO4. The molecule has 0 aliphatic carbocycles. The van der Waals surface area contributed by atoms with Crippen LogP contribution in [0.4, 0.5) is 0 Å². The van der Waals surface area contributed by atoms with Gasteiger partial charge in [0.25, 0.3) is 0 Å². The van der Waals surface area contributed by atoms with E-state index >= 15 is 0 Å². The minimum atomic E-state index is -1.85. The predicted molar refractivity (Wildman–Crippen MR) is 64.5 cm³/mol. The first-order chi connectivity index (χ1) is 8.25. The molecule has 17 heavy (non-hydrogen) atoms. The summed E-state index contributed by atoms with van der Waals surface area (Å²) in [5.41, 5.74) is 1.26. The lowest BCUT2D eigenvalue weighted by Gasteiger charge is -2.03. The van der Waals surface area contributed by atoms with Crippen molar-refractivity contribution in [3.05, 3.63) is 42.5 Å². The van der Waals surface area contributed by atoms with E-state index in [-0.39, 0.29) is 0 Å². The Morgan fingerprint density at radius 1 is 0.941 bits per heavy atom. The number of para-hydroxylation sites is 2. The molecule has 0 radical (unpaired) electrons. The molecule has 3 rings (SSSR count). The van der Waals surface area contributed by atoms with Gasteiger partial charge in [-0.3, -0.25) is 0 Å². The van der Waals surface area contributed by atoms with Gasteiger partial charge in [-0.1, -0.05) is 30.3 Å². The van der Waals surface area contributed by atoms with Gasteiger partial charge in [0.1, 0.15) is 11.3 Å². The van der Waals surface area contributed by atoms with Crippen molar-refractivity contribution in [1.29, 1.82) is 0 Å². The first-order valence-electron chi connectivity index (χ1n) is 5.19. The van der Waals surface area contributed by atoms with Crippen LogP contribution in [0.3, 0.4) is 0 Å². The zero-order valence-corrected chi connectivity index (χ0v) is 8.83. The summed E-state index contributed by atoms with van der Waals surface area (Å²) in [4.78, 5) is 0. The van der Waals surface area contributed by atoms with Crippen LogP contribution in [0.25, 0.3) is 21.9 Å². The van der Waals surface area contributed by atoms with Crippen molar-refractivity contribution < 1.29 is 19.1 Å². The summed E-state index contributed by atoms with van der Waals surface area (Å²) in [5, 5.41) is 19.5. The number of hydrogen-bond donors (Lipinski definition) is 2. The SMILES string of the molecule is OB(O)Oc1cccc2c1oc1ccccc12. The molecule has 2 N–H and O–H groups in total. The molecule has 0 aliphatic rings. The third-order valence-corrected chi connectivity index (χ3v) is 2.60. The number of rotatable bonds is 2. The lowest BCUT2D eigenvalue weighted by atomic mass is 10.1. The molecule has 1 heterocycles. The van der Waals surface area contributed by atoms with Crippen LogP contribution < -0.4 is 4.65 Å². The Labute approximate surface area is 97.2 Å². The maximum atomic E-state index is 8.83. The van der Waals surface area contributed by atoms with Crippen LogP contribution in [-0.2, 0) is 0 Å². The Balaban J connectivity index is 2.31. The molecule has 0 unspecified atom stereocenters. The van der Waals surface area contributed by atoms with E-state index in [9.17, 15) is 0 Å². The number of hydrogen-bond acceptors (Lipinski definition) is 4. The molecule has 0 spiro atoms. The van der Waals surface area contributed by atoms with Crippen molar-refractivity contribution in [2.75, 3.05) is 0 Å². The van der Waals surface area contributed by atoms with E-state index in [1.54, 1.807) is 12.1 Å². The van der Waals surface area contributed by atoms with Crippen molar-refractivity contribution >= 4 is 29.3 Å². The molecule has 0 atom stereocenters. The van der Waals surface area contributed by atoms with E-state index in [2.05, 4.69) is 0 Å². The van der Waals surface area contributed by atoms with Crippen LogP contribution in [0, 0.1) is 0 Å². The molecule has 5 heteroatoms. The first-order valence-corrected chi connectivity index (χ1v) is 5.19. The zero-order chi connectivity index (χ0) is 11.8. The second kappa shape index (κ2) is 3.80. The van der Waals surface area contributed by atoms with Crippen molar-refractivity contribution in [2.45, 2.75) is 0 Å². The monoisotopic (exact) mass is 228 g/mol. The quantitative estimate of drug-likeness (QED) is 0.658. The smallest absolute Gasteiger partial charge is 0.509 e. The van der Waals surface area contributed by atoms with Crippen molar-refractivity contribution in [2.24, 2.45) is 0 Å². The summed E-state index contributed by atoms with van der Waals surface area (Å²) < 4.78 is 10.5. The van der Waals surface area contributed by atoms with Gasteiger partial charge in [-0.05, 0) is 12.1 Å². The summed E-state index contributed by atoms with van der Waals surface area (Å²) in [6.45, 7) is 0. The highest BCUT2D eigenvalue weighted by molar-refractivity contribution is 6.34. The second-order valence-electron chi connectivity index (χ2n) is 3.68. The fourth-order valence-corrected chi connectivity index (χ4v) is 1.93. The van der Waals surface area contributed by atoms with Gasteiger partial charge in [0.2, 0.25) is 0 Å². The molecule has 2 aromatic carbocycles. The normalized spacial score (nSPS) is 10.9. The third-order valence-electron chi connectivity index (χ3n) is 2.60. The molecular weight excluding hydrogens is 219 g/mol. The Bertz CT molecular complexity index is 674. The van der Waals surface area contributed by atoms with Crippen molar-refractivity contribution in [3.63, 3.8) is 0 Å². The van der Waals surface area contributed by atoms with Gasteiger partial charge in [-0.2, -0.15) is 0 Å². The summed E-state index contributed by atoms with van der Waals surface area (Å²) in [5.74, 6) is 0.314. The third kappa shape index (κ3) is 1.65. The van der Waals surface area contributed by atoms with Gasteiger partial charge in [0.05, 0.1) is 0 Å². The maximum Gasteiger partial charge on any atom is 0.707 e. The highest BCUT2D eigenvalue weighted by Crippen LogP contribution is 2.34. The molecule has 0 saturated carbocycles. The standard InChI is InChI=1S/C12H9BO4/c14-13(15)17-11-7-3-5-9-8-4-1-2-6-10(8)16-12(9)11/h1-7,14-15H. The molecule has 0 aliphatic heterocycles. The van der Waals surface area contributed by atoms with Crippen molar-refractivity contribution in [3.8, 4) is 5.75 Å². The predicted octanol–water partition coefficient (Wildman–Crippen LogP) is 1.93. The number of furan rings is 1. The lowest BCUT2D eigenvalue weighted by Crippen LogP contribution is -2.20. The molecule has 0 bridgehead atoms. The molecule has 84 valence electrons. The Kier molecular flexibility index (Phi) is 2.28. The first kappa shape index (κ1) is 10.2. The van der Waals surface area contributed by atoms with Gasteiger partial charge in [0, 0.05) is 10.8 Å². The van der Waals surface area contributed by atoms with E-state index in [0.29, 0.717) is 11.3 Å². The highest BCUT2D eigenvalue weighted by atomic mass is 16.6. The van der Waals surface area contributed by atoms with Gasteiger partial charge < -0.3 is 19.1 Å². The minimum Gasteiger partial charge on any atom is -0.509 e. The van der Waals surface area contributed by atoms with Crippen LogP contribution in [-0.4, -0.2) is 17.4 Å². The summed E-state index contributed by atoms with van der Waals surface area (Å²) in [6.07, 6.45) is 0. The fraction of sp³-hybridized carbons (Fsp3) is 0. The van der Waals surface area contributed by atoms with Crippen LogP contribution in [0.5, 0.6) is 5.75 Å². The van der Waals surface area contributed by atoms with Crippen LogP contribution in [0.15, 0.2) is 46.9 Å². The summed E-state index contributed by atoms with van der Waals surface area (Å²) in [7, 11) is -1.85. The largest absolute Gasteiger partial charge is 0.707 e. The van der Waals surface area contributed by atoms with Gasteiger partial charge in [0.15, 0.2) is 5.58 Å². The number of fused-ring (bicyclic) bond motifs is 3. The van der Waals surface area contributed by atoms with E-state index in [4.69, 9.17) is 19.1 Å². The molecule has 3 aromatic rings. The summed E-state index contributed by atoms with van der Waals surface area (Å²) >= 11 is 0. The Morgan fingerprint density at radius 3 is 2.53 bits per heavy atom. The average molecular weight is 228 g/mol. The minimum absolute atomic E-state index is 0.314.